The Balaban J connectivity index is 1.66. The van der Waals surface area contributed by atoms with Crippen molar-refractivity contribution in [3.05, 3.63) is 68.5 Å². The van der Waals surface area contributed by atoms with Crippen LogP contribution in [0.4, 0.5) is 0 Å². The number of hydrogen-bond acceptors (Lipinski definition) is 5. The molecule has 3 N–H and O–H groups in total. The van der Waals surface area contributed by atoms with Gasteiger partial charge in [-0.15, -0.1) is 0 Å². The predicted octanol–water partition coefficient (Wildman–Crippen LogP) is 1.10. The molecule has 0 spiro atoms. The number of aryl methyl sites for hydroxylation is 1. The molecule has 0 radical (unpaired) electrons. The van der Waals surface area contributed by atoms with E-state index in [0.717, 1.165) is 5.56 Å². The molecule has 0 saturated carbocycles. The van der Waals surface area contributed by atoms with Gasteiger partial charge in [-0.05, 0) is 18.9 Å². The monoisotopic (exact) mass is 359 g/mol. The highest BCUT2D eigenvalue weighted by atomic mass is 16.5. The van der Waals surface area contributed by atoms with Gasteiger partial charge >= 0.3 is 5.69 Å². The number of aliphatic hydroxyl groups is 1. The van der Waals surface area contributed by atoms with Crippen LogP contribution in [-0.4, -0.2) is 33.4 Å². The summed E-state index contributed by atoms with van der Waals surface area (Å²) >= 11 is 0. The van der Waals surface area contributed by atoms with E-state index in [9.17, 15) is 14.7 Å². The van der Waals surface area contributed by atoms with Gasteiger partial charge in [0.05, 0.1) is 12.2 Å². The molecule has 2 aromatic rings. The Bertz CT molecular complexity index is 846. The van der Waals surface area contributed by atoms with E-state index >= 15 is 0 Å². The maximum atomic E-state index is 12.1. The van der Waals surface area contributed by atoms with Crippen LogP contribution in [0, 0.1) is 0 Å². The second kappa shape index (κ2) is 7.99. The number of rotatable bonds is 6. The van der Waals surface area contributed by atoms with Gasteiger partial charge in [-0.1, -0.05) is 37.3 Å². The molecule has 1 saturated heterocycles. The van der Waals surface area contributed by atoms with E-state index in [1.165, 1.54) is 10.8 Å². The van der Waals surface area contributed by atoms with Gasteiger partial charge in [-0.3, -0.25) is 14.3 Å². The van der Waals surface area contributed by atoms with Crippen LogP contribution in [0.15, 0.2) is 46.1 Å². The van der Waals surface area contributed by atoms with E-state index in [2.05, 4.69) is 10.3 Å². The second-order valence-corrected chi connectivity index (χ2v) is 6.65. The van der Waals surface area contributed by atoms with Gasteiger partial charge in [0, 0.05) is 30.8 Å². The number of ether oxygens (including phenoxy) is 1. The fraction of sp³-hybridized carbons (Fsp3) is 0.474. The number of aliphatic hydroxyl groups excluding tert-OH is 1. The van der Waals surface area contributed by atoms with E-state index in [0.29, 0.717) is 24.9 Å². The third kappa shape index (κ3) is 3.95. The molecule has 1 fully saturated rings. The fourth-order valence-corrected chi connectivity index (χ4v) is 3.22. The molecule has 3 rings (SSSR count). The van der Waals surface area contributed by atoms with Crippen LogP contribution in [0.2, 0.25) is 0 Å². The lowest BCUT2D eigenvalue weighted by molar-refractivity contribution is -0.0203. The number of nitrogens with one attached hydrogen (secondary N) is 2. The molecule has 7 heteroatoms. The van der Waals surface area contributed by atoms with Gasteiger partial charge in [0.1, 0.15) is 6.23 Å². The van der Waals surface area contributed by atoms with E-state index in [1.807, 2.05) is 44.2 Å². The molecule has 4 atom stereocenters. The molecule has 7 nitrogen and oxygen atoms in total. The normalized spacial score (nSPS) is 23.9. The van der Waals surface area contributed by atoms with Gasteiger partial charge in [-0.2, -0.15) is 0 Å². The fourth-order valence-electron chi connectivity index (χ4n) is 3.22. The first-order valence-corrected chi connectivity index (χ1v) is 8.95. The number of nitrogens with zero attached hydrogens (tertiary/aromatic N) is 1. The molecule has 0 aliphatic carbocycles. The van der Waals surface area contributed by atoms with Crippen molar-refractivity contribution in [3.8, 4) is 0 Å². The minimum absolute atomic E-state index is 0.119. The quantitative estimate of drug-likeness (QED) is 0.718. The molecular formula is C19H25N3O4. The van der Waals surface area contributed by atoms with Crippen LogP contribution in [0.1, 0.15) is 43.7 Å². The lowest BCUT2D eigenvalue weighted by Crippen LogP contribution is -2.36. The van der Waals surface area contributed by atoms with Gasteiger partial charge in [0.25, 0.3) is 5.56 Å². The Morgan fingerprint density at radius 1 is 1.35 bits per heavy atom. The maximum absolute atomic E-state index is 12.1. The van der Waals surface area contributed by atoms with Gasteiger partial charge in [0.2, 0.25) is 0 Å². The highest BCUT2D eigenvalue weighted by Crippen LogP contribution is 2.27. The number of aromatic nitrogens is 2. The number of H-pyrrole nitrogens is 1. The molecule has 1 aliphatic heterocycles. The minimum Gasteiger partial charge on any atom is -0.390 e. The third-order valence-electron chi connectivity index (χ3n) is 4.86. The average molecular weight is 359 g/mol. The van der Waals surface area contributed by atoms with Crippen LogP contribution in [0.3, 0.4) is 0 Å². The number of aromatic amines is 1. The zero-order chi connectivity index (χ0) is 18.7. The van der Waals surface area contributed by atoms with Crippen molar-refractivity contribution in [1.29, 1.82) is 0 Å². The van der Waals surface area contributed by atoms with Crippen molar-refractivity contribution in [2.75, 3.05) is 6.54 Å². The van der Waals surface area contributed by atoms with E-state index in [4.69, 9.17) is 4.74 Å². The number of hydrogen-bond donors (Lipinski definition) is 3. The summed E-state index contributed by atoms with van der Waals surface area (Å²) in [5.74, 6) is 0. The standard InChI is InChI=1S/C19H25N3O4/c1-3-13-11-22(19(25)21-18(13)24)17-9-15(23)16(26-17)10-20-12(2)14-7-5-4-6-8-14/h4-8,11-12,15-17,20,23H,3,9-10H2,1-2H3,(H,21,24,25)/t12?,15?,16-,17-/m0/s1. The van der Waals surface area contributed by atoms with Crippen molar-refractivity contribution in [2.45, 2.75) is 51.2 Å². The molecular weight excluding hydrogens is 334 g/mol. The maximum Gasteiger partial charge on any atom is 0.330 e. The molecule has 140 valence electrons. The topological polar surface area (TPSA) is 96.3 Å². The van der Waals surface area contributed by atoms with E-state index < -0.39 is 24.1 Å². The summed E-state index contributed by atoms with van der Waals surface area (Å²) in [6.45, 7) is 4.36. The lowest BCUT2D eigenvalue weighted by Gasteiger charge is -2.20. The summed E-state index contributed by atoms with van der Waals surface area (Å²) in [5.41, 5.74) is 0.779. The first kappa shape index (κ1) is 18.6. The van der Waals surface area contributed by atoms with Crippen LogP contribution in [-0.2, 0) is 11.2 Å². The van der Waals surface area contributed by atoms with Crippen molar-refractivity contribution in [1.82, 2.24) is 14.9 Å². The molecule has 26 heavy (non-hydrogen) atoms. The Labute approximate surface area is 151 Å². The Morgan fingerprint density at radius 3 is 2.77 bits per heavy atom. The SMILES string of the molecule is CCc1cn([C@@H]2CC(O)[C@H](CNC(C)c3ccccc3)O2)c(=O)[nH]c1=O. The molecule has 0 bridgehead atoms. The average Bonchev–Trinajstić information content (AvgIpc) is 3.01. The van der Waals surface area contributed by atoms with Gasteiger partial charge in [-0.25, -0.2) is 4.79 Å². The Hall–Kier alpha value is -2.22. The molecule has 2 unspecified atom stereocenters. The first-order valence-electron chi connectivity index (χ1n) is 8.95. The summed E-state index contributed by atoms with van der Waals surface area (Å²) in [6.07, 6.45) is 0.667. The van der Waals surface area contributed by atoms with Crippen LogP contribution in [0.25, 0.3) is 0 Å². The van der Waals surface area contributed by atoms with E-state index in [1.54, 1.807) is 0 Å². The summed E-state index contributed by atoms with van der Waals surface area (Å²) in [5, 5.41) is 13.7. The second-order valence-electron chi connectivity index (χ2n) is 6.65. The van der Waals surface area contributed by atoms with Gasteiger partial charge < -0.3 is 15.2 Å². The summed E-state index contributed by atoms with van der Waals surface area (Å²) in [7, 11) is 0. The zero-order valence-corrected chi connectivity index (χ0v) is 15.0. The third-order valence-corrected chi connectivity index (χ3v) is 4.86. The Morgan fingerprint density at radius 2 is 2.08 bits per heavy atom. The molecule has 1 aromatic carbocycles. The van der Waals surface area contributed by atoms with Crippen molar-refractivity contribution in [2.24, 2.45) is 0 Å². The predicted molar refractivity (Wildman–Crippen MR) is 98.1 cm³/mol. The van der Waals surface area contributed by atoms with Gasteiger partial charge in [0.15, 0.2) is 0 Å². The van der Waals surface area contributed by atoms with Crippen molar-refractivity contribution >= 4 is 0 Å². The minimum atomic E-state index is -0.681. The number of benzene rings is 1. The summed E-state index contributed by atoms with van der Waals surface area (Å²) < 4.78 is 7.26. The van der Waals surface area contributed by atoms with Crippen LogP contribution >= 0.6 is 0 Å². The largest absolute Gasteiger partial charge is 0.390 e. The summed E-state index contributed by atoms with van der Waals surface area (Å²) in [6, 6.07) is 10.1. The van der Waals surface area contributed by atoms with Crippen molar-refractivity contribution in [3.63, 3.8) is 0 Å². The molecule has 1 aromatic heterocycles. The lowest BCUT2D eigenvalue weighted by atomic mass is 10.1. The summed E-state index contributed by atoms with van der Waals surface area (Å²) in [4.78, 5) is 26.1. The molecule has 2 heterocycles. The Kier molecular flexibility index (Phi) is 5.70. The highest BCUT2D eigenvalue weighted by Gasteiger charge is 2.35. The zero-order valence-electron chi connectivity index (χ0n) is 15.0. The van der Waals surface area contributed by atoms with E-state index in [-0.39, 0.29) is 11.6 Å². The molecule has 0 amide bonds. The molecule has 1 aliphatic rings. The van der Waals surface area contributed by atoms with Crippen LogP contribution < -0.4 is 16.6 Å². The highest BCUT2D eigenvalue weighted by molar-refractivity contribution is 5.18. The van der Waals surface area contributed by atoms with Crippen LogP contribution in [0.5, 0.6) is 0 Å². The van der Waals surface area contributed by atoms with Crippen molar-refractivity contribution < 1.29 is 9.84 Å². The first-order chi connectivity index (χ1) is 12.5. The smallest absolute Gasteiger partial charge is 0.330 e.